The fourth-order valence-corrected chi connectivity index (χ4v) is 3.79. The minimum absolute atomic E-state index is 0.119. The largest absolute Gasteiger partial charge is 0.495 e. The van der Waals surface area contributed by atoms with Crippen molar-refractivity contribution in [2.45, 2.75) is 20.8 Å². The first-order valence-electron chi connectivity index (χ1n) is 9.57. The number of aryl methyl sites for hydroxylation is 3. The van der Waals surface area contributed by atoms with Gasteiger partial charge in [0.05, 0.1) is 19.3 Å². The minimum Gasteiger partial charge on any atom is -0.495 e. The number of benzene rings is 3. The van der Waals surface area contributed by atoms with E-state index in [0.29, 0.717) is 11.4 Å². The maximum atomic E-state index is 12.5. The van der Waals surface area contributed by atoms with Gasteiger partial charge < -0.3 is 19.8 Å². The zero-order valence-corrected chi connectivity index (χ0v) is 17.1. The lowest BCUT2D eigenvalue weighted by Crippen LogP contribution is -2.23. The first-order chi connectivity index (χ1) is 14.0. The van der Waals surface area contributed by atoms with Crippen molar-refractivity contribution in [2.24, 2.45) is 0 Å². The van der Waals surface area contributed by atoms with Crippen LogP contribution in [-0.4, -0.2) is 19.6 Å². The molecule has 5 heteroatoms. The van der Waals surface area contributed by atoms with Gasteiger partial charge in [-0.05, 0) is 44.0 Å². The number of methoxy groups -OCH3 is 1. The molecule has 0 saturated heterocycles. The third-order valence-electron chi connectivity index (χ3n) is 5.08. The summed E-state index contributed by atoms with van der Waals surface area (Å²) in [5.74, 6) is 0.548. The summed E-state index contributed by atoms with van der Waals surface area (Å²) in [6.45, 7) is 6.17. The molecule has 0 aliphatic rings. The van der Waals surface area contributed by atoms with E-state index in [9.17, 15) is 4.79 Å². The van der Waals surface area contributed by atoms with Crippen LogP contribution in [0.15, 0.2) is 52.9 Å². The molecular formula is C24H24N2O3. The normalized spacial score (nSPS) is 11.0. The van der Waals surface area contributed by atoms with E-state index in [-0.39, 0.29) is 12.5 Å². The maximum absolute atomic E-state index is 12.5. The van der Waals surface area contributed by atoms with Gasteiger partial charge in [0.2, 0.25) is 5.91 Å². The average Bonchev–Trinajstić information content (AvgIpc) is 3.05. The average molecular weight is 388 g/mol. The van der Waals surface area contributed by atoms with Gasteiger partial charge in [0.15, 0.2) is 0 Å². The molecule has 1 amide bonds. The van der Waals surface area contributed by atoms with Crippen molar-refractivity contribution in [3.8, 4) is 5.75 Å². The topological polar surface area (TPSA) is 63.5 Å². The van der Waals surface area contributed by atoms with Gasteiger partial charge in [0, 0.05) is 22.5 Å². The molecule has 0 spiro atoms. The molecule has 0 radical (unpaired) electrons. The lowest BCUT2D eigenvalue weighted by atomic mass is 10.1. The van der Waals surface area contributed by atoms with Crippen LogP contribution in [0.2, 0.25) is 0 Å². The number of nitrogens with one attached hydrogen (secondary N) is 2. The summed E-state index contributed by atoms with van der Waals surface area (Å²) in [4.78, 5) is 12.5. The van der Waals surface area contributed by atoms with Crippen molar-refractivity contribution in [3.05, 3.63) is 65.2 Å². The van der Waals surface area contributed by atoms with Crippen LogP contribution >= 0.6 is 0 Å². The van der Waals surface area contributed by atoms with Crippen LogP contribution in [0.4, 0.5) is 11.4 Å². The quantitative estimate of drug-likeness (QED) is 0.469. The molecule has 148 valence electrons. The van der Waals surface area contributed by atoms with Crippen molar-refractivity contribution in [3.63, 3.8) is 0 Å². The van der Waals surface area contributed by atoms with Crippen LogP contribution in [0.3, 0.4) is 0 Å². The standard InChI is InChI=1S/C24H24N2O3/c1-14-9-15(2)24(16(3)10-14)26-23(27)13-25-19-12-21-18(11-22(19)28-4)17-7-5-6-8-20(17)29-21/h5-12,25H,13H2,1-4H3,(H,26,27). The Balaban J connectivity index is 1.56. The third-order valence-corrected chi connectivity index (χ3v) is 5.08. The Labute approximate surface area is 169 Å². The van der Waals surface area contributed by atoms with E-state index in [0.717, 1.165) is 38.8 Å². The van der Waals surface area contributed by atoms with Crippen LogP contribution in [0.5, 0.6) is 5.75 Å². The van der Waals surface area contributed by atoms with Crippen LogP contribution in [0.1, 0.15) is 16.7 Å². The molecule has 0 unspecified atom stereocenters. The summed E-state index contributed by atoms with van der Waals surface area (Å²) < 4.78 is 11.5. The Bertz CT molecular complexity index is 1200. The molecule has 0 fully saturated rings. The second kappa shape index (κ2) is 7.51. The van der Waals surface area contributed by atoms with Gasteiger partial charge in [-0.1, -0.05) is 35.9 Å². The Kier molecular flexibility index (Phi) is 4.89. The minimum atomic E-state index is -0.119. The van der Waals surface area contributed by atoms with Crippen LogP contribution in [0, 0.1) is 20.8 Å². The van der Waals surface area contributed by atoms with Gasteiger partial charge >= 0.3 is 0 Å². The van der Waals surface area contributed by atoms with Crippen LogP contribution in [-0.2, 0) is 4.79 Å². The number of ether oxygens (including phenoxy) is 1. The number of rotatable bonds is 5. The summed E-state index contributed by atoms with van der Waals surface area (Å²) in [6, 6.07) is 15.8. The number of para-hydroxylation sites is 1. The summed E-state index contributed by atoms with van der Waals surface area (Å²) in [7, 11) is 1.62. The van der Waals surface area contributed by atoms with Gasteiger partial charge in [-0.15, -0.1) is 0 Å². The van der Waals surface area contributed by atoms with E-state index in [2.05, 4.69) is 22.8 Å². The second-order valence-corrected chi connectivity index (χ2v) is 7.32. The number of anilines is 2. The van der Waals surface area contributed by atoms with Crippen LogP contribution < -0.4 is 15.4 Å². The summed E-state index contributed by atoms with van der Waals surface area (Å²) in [5, 5.41) is 8.20. The Hall–Kier alpha value is -3.47. The number of amides is 1. The van der Waals surface area contributed by atoms with Crippen molar-refractivity contribution in [1.29, 1.82) is 0 Å². The number of hydrogen-bond donors (Lipinski definition) is 2. The highest BCUT2D eigenvalue weighted by molar-refractivity contribution is 6.07. The molecule has 0 bridgehead atoms. The molecule has 4 rings (SSSR count). The number of carbonyl (C=O) groups is 1. The Morgan fingerprint density at radius 1 is 0.966 bits per heavy atom. The number of carbonyl (C=O) groups excluding carboxylic acids is 1. The van der Waals surface area contributed by atoms with E-state index in [1.165, 1.54) is 5.56 Å². The maximum Gasteiger partial charge on any atom is 0.243 e. The molecule has 0 aliphatic carbocycles. The molecule has 3 aromatic carbocycles. The van der Waals surface area contributed by atoms with E-state index in [1.54, 1.807) is 7.11 Å². The fourth-order valence-electron chi connectivity index (χ4n) is 3.79. The second-order valence-electron chi connectivity index (χ2n) is 7.32. The SMILES string of the molecule is COc1cc2c(cc1NCC(=O)Nc1c(C)cc(C)cc1C)oc1ccccc12. The molecular weight excluding hydrogens is 364 g/mol. The zero-order valence-electron chi connectivity index (χ0n) is 17.1. The lowest BCUT2D eigenvalue weighted by molar-refractivity contribution is -0.114. The highest BCUT2D eigenvalue weighted by Gasteiger charge is 2.14. The molecule has 0 saturated carbocycles. The molecule has 5 nitrogen and oxygen atoms in total. The Morgan fingerprint density at radius 3 is 2.41 bits per heavy atom. The van der Waals surface area contributed by atoms with Crippen molar-refractivity contribution >= 4 is 39.2 Å². The summed E-state index contributed by atoms with van der Waals surface area (Å²) in [5.41, 5.74) is 6.44. The fraction of sp³-hybridized carbons (Fsp3) is 0.208. The summed E-state index contributed by atoms with van der Waals surface area (Å²) in [6.07, 6.45) is 0. The van der Waals surface area contributed by atoms with Crippen molar-refractivity contribution in [1.82, 2.24) is 0 Å². The van der Waals surface area contributed by atoms with Gasteiger partial charge in [-0.2, -0.15) is 0 Å². The number of furan rings is 1. The van der Waals surface area contributed by atoms with Gasteiger partial charge in [0.1, 0.15) is 16.9 Å². The van der Waals surface area contributed by atoms with E-state index >= 15 is 0 Å². The summed E-state index contributed by atoms with van der Waals surface area (Å²) >= 11 is 0. The first kappa shape index (κ1) is 18.9. The van der Waals surface area contributed by atoms with Gasteiger partial charge in [0.25, 0.3) is 0 Å². The number of fused-ring (bicyclic) bond motifs is 3. The Morgan fingerprint density at radius 2 is 1.69 bits per heavy atom. The monoisotopic (exact) mass is 388 g/mol. The molecule has 2 N–H and O–H groups in total. The molecule has 1 heterocycles. The predicted molar refractivity (Wildman–Crippen MR) is 118 cm³/mol. The van der Waals surface area contributed by atoms with E-state index in [1.807, 2.05) is 57.2 Å². The first-order valence-corrected chi connectivity index (χ1v) is 9.57. The van der Waals surface area contributed by atoms with Gasteiger partial charge in [-0.25, -0.2) is 0 Å². The van der Waals surface area contributed by atoms with E-state index in [4.69, 9.17) is 9.15 Å². The molecule has 0 atom stereocenters. The molecule has 1 aromatic heterocycles. The van der Waals surface area contributed by atoms with E-state index < -0.39 is 0 Å². The molecule has 29 heavy (non-hydrogen) atoms. The lowest BCUT2D eigenvalue weighted by Gasteiger charge is -2.14. The third kappa shape index (κ3) is 3.63. The van der Waals surface area contributed by atoms with Crippen LogP contribution in [0.25, 0.3) is 21.9 Å². The highest BCUT2D eigenvalue weighted by Crippen LogP contribution is 2.36. The zero-order chi connectivity index (χ0) is 20.5. The molecule has 4 aromatic rings. The number of hydrogen-bond acceptors (Lipinski definition) is 4. The predicted octanol–water partition coefficient (Wildman–Crippen LogP) is 5.57. The van der Waals surface area contributed by atoms with Gasteiger partial charge in [-0.3, -0.25) is 4.79 Å². The highest BCUT2D eigenvalue weighted by atomic mass is 16.5. The smallest absolute Gasteiger partial charge is 0.243 e. The molecule has 0 aliphatic heterocycles. The van der Waals surface area contributed by atoms with Crippen molar-refractivity contribution in [2.75, 3.05) is 24.3 Å². The van der Waals surface area contributed by atoms with Crippen molar-refractivity contribution < 1.29 is 13.9 Å².